The molecule has 1 aromatic heterocycles. The zero-order valence-electron chi connectivity index (χ0n) is 35.3. The largest absolute Gasteiger partial charge is 0.497 e. The van der Waals surface area contributed by atoms with Gasteiger partial charge in [0.25, 0.3) is 11.8 Å². The van der Waals surface area contributed by atoms with E-state index in [1.54, 1.807) is 11.8 Å². The maximum atomic E-state index is 15.5. The van der Waals surface area contributed by atoms with Crippen molar-refractivity contribution in [2.24, 2.45) is 5.92 Å². The number of methoxy groups -OCH3 is 1. The maximum Gasteiger partial charge on any atom is 0.264 e. The number of halogens is 1. The Morgan fingerprint density at radius 2 is 1.70 bits per heavy atom. The summed E-state index contributed by atoms with van der Waals surface area (Å²) in [7, 11) is -0.719. The first-order valence-electron chi connectivity index (χ1n) is 21.4. The lowest BCUT2D eigenvalue weighted by Crippen LogP contribution is -2.55. The summed E-state index contributed by atoms with van der Waals surface area (Å²) >= 11 is 6.80. The molecule has 3 fully saturated rings. The molecule has 12 nitrogen and oxygen atoms in total. The number of anilines is 3. The van der Waals surface area contributed by atoms with Crippen LogP contribution in [-0.2, 0) is 39.4 Å². The second-order valence-corrected chi connectivity index (χ2v) is 22.7. The third-order valence-corrected chi connectivity index (χ3v) is 18.5. The van der Waals surface area contributed by atoms with Crippen molar-refractivity contribution in [3.63, 3.8) is 0 Å². The van der Waals surface area contributed by atoms with Gasteiger partial charge in [0.05, 0.1) is 45.9 Å². The SMILES string of the molecule is COc1ccc([Si](C)(C)[C@H]2[C@H](CCn3cc(CCO)nn3)O[C@@]3(C(=O)N(Cc4cccc(N5CN(c6ccccc6)C6(CCNCC6)C5=O)c4)c4ccc(Cl)cc43)[C@@H]2C)cc1. The van der Waals surface area contributed by atoms with Crippen molar-refractivity contribution in [3.05, 3.63) is 125 Å². The summed E-state index contributed by atoms with van der Waals surface area (Å²) in [5, 5.41) is 23.3. The van der Waals surface area contributed by atoms with Crippen LogP contribution in [0.4, 0.5) is 17.1 Å². The summed E-state index contributed by atoms with van der Waals surface area (Å²) in [6.07, 6.45) is 4.07. The summed E-state index contributed by atoms with van der Waals surface area (Å²) < 4.78 is 14.7. The van der Waals surface area contributed by atoms with Gasteiger partial charge in [-0.05, 0) is 98.1 Å². The lowest BCUT2D eigenvalue weighted by atomic mass is 9.82. The molecule has 2 spiro atoms. The van der Waals surface area contributed by atoms with Crippen molar-refractivity contribution >= 4 is 53.7 Å². The normalized spacial score (nSPS) is 23.4. The van der Waals surface area contributed by atoms with Gasteiger partial charge in [0.15, 0.2) is 5.60 Å². The zero-order valence-corrected chi connectivity index (χ0v) is 37.0. The molecular weight excluding hydrogens is 806 g/mol. The lowest BCUT2D eigenvalue weighted by molar-refractivity contribution is -0.146. The second kappa shape index (κ2) is 16.3. The Morgan fingerprint density at radius 3 is 2.44 bits per heavy atom. The summed E-state index contributed by atoms with van der Waals surface area (Å²) in [5.41, 5.74) is 3.16. The number of ether oxygens (including phenoxy) is 2. The molecule has 0 aliphatic carbocycles. The van der Waals surface area contributed by atoms with Crippen LogP contribution in [0.1, 0.15) is 43.0 Å². The molecule has 2 N–H and O–H groups in total. The Bertz CT molecular complexity index is 2410. The zero-order chi connectivity index (χ0) is 42.5. The number of amides is 2. The van der Waals surface area contributed by atoms with E-state index in [0.29, 0.717) is 37.6 Å². The van der Waals surface area contributed by atoms with Gasteiger partial charge in [0.1, 0.15) is 11.3 Å². The molecule has 3 saturated heterocycles. The number of piperidine rings is 1. The van der Waals surface area contributed by atoms with Crippen LogP contribution in [-0.4, -0.2) is 85.1 Å². The van der Waals surface area contributed by atoms with E-state index in [2.05, 4.69) is 70.9 Å². The molecule has 14 heteroatoms. The lowest BCUT2D eigenvalue weighted by Gasteiger charge is -2.39. The van der Waals surface area contributed by atoms with Crippen molar-refractivity contribution in [3.8, 4) is 5.75 Å². The summed E-state index contributed by atoms with van der Waals surface area (Å²) in [6.45, 7) is 9.75. The van der Waals surface area contributed by atoms with E-state index < -0.39 is 19.2 Å². The Hall–Kier alpha value is -5.05. The Balaban J connectivity index is 1.05. The fourth-order valence-corrected chi connectivity index (χ4v) is 15.1. The number of hydrogen-bond donors (Lipinski definition) is 2. The number of aromatic nitrogens is 3. The minimum atomic E-state index is -2.39. The standard InChI is InChI=1S/C47H54ClN7O5Si/c1-32-43(61(3,4)39-16-14-38(59-2)15-17-39)42(19-25-52-30-35(20-26-56)50-51-52)60-47(32)40-28-34(48)13-18-41(40)53(45(47)58)29-33-9-8-12-37(27-33)54-31-55(36-10-6-5-7-11-36)46(44(54)57)21-23-49-24-22-46/h5-18,27-28,30,32,42-43,49,56H,19-26,29,31H2,1-4H3/t32-,42+,43-,47+/m1/s1. The second-order valence-electron chi connectivity index (χ2n) is 17.5. The molecule has 0 saturated carbocycles. The fourth-order valence-electron chi connectivity index (χ4n) is 10.8. The van der Waals surface area contributed by atoms with Crippen molar-refractivity contribution in [2.75, 3.05) is 48.2 Å². The molecule has 9 rings (SSSR count). The average molecular weight is 861 g/mol. The van der Waals surface area contributed by atoms with Gasteiger partial charge in [-0.1, -0.05) is 84.5 Å². The van der Waals surface area contributed by atoms with E-state index in [1.807, 2.05) is 82.7 Å². The van der Waals surface area contributed by atoms with Gasteiger partial charge in [-0.25, -0.2) is 0 Å². The monoisotopic (exact) mass is 859 g/mol. The van der Waals surface area contributed by atoms with Gasteiger partial charge in [0.2, 0.25) is 0 Å². The Morgan fingerprint density at radius 1 is 0.951 bits per heavy atom. The number of aliphatic hydroxyl groups is 1. The number of aliphatic hydroxyl groups excluding tert-OH is 1. The molecule has 318 valence electrons. The Labute approximate surface area is 363 Å². The van der Waals surface area contributed by atoms with E-state index >= 15 is 4.79 Å². The smallest absolute Gasteiger partial charge is 0.264 e. The van der Waals surface area contributed by atoms with Gasteiger partial charge < -0.3 is 29.7 Å². The van der Waals surface area contributed by atoms with E-state index in [0.717, 1.165) is 65.6 Å². The van der Waals surface area contributed by atoms with E-state index in [4.69, 9.17) is 21.1 Å². The third-order valence-electron chi connectivity index (χ3n) is 13.9. The molecular formula is C47H54ClN7O5Si. The molecule has 4 atom stereocenters. The number of aryl methyl sites for hydroxylation is 1. The average Bonchev–Trinajstić information content (AvgIpc) is 3.99. The molecule has 4 aliphatic heterocycles. The number of fused-ring (bicyclic) bond motifs is 2. The quantitative estimate of drug-likeness (QED) is 0.140. The highest BCUT2D eigenvalue weighted by Gasteiger charge is 2.66. The topological polar surface area (TPSA) is 125 Å². The first kappa shape index (κ1) is 41.3. The number of nitrogens with zero attached hydrogens (tertiary/aromatic N) is 6. The van der Waals surface area contributed by atoms with Crippen LogP contribution in [0.25, 0.3) is 0 Å². The highest BCUT2D eigenvalue weighted by Crippen LogP contribution is 2.60. The van der Waals surface area contributed by atoms with Gasteiger partial charge in [0, 0.05) is 53.6 Å². The molecule has 0 radical (unpaired) electrons. The fraction of sp³-hybridized carbons (Fsp3) is 0.404. The first-order chi connectivity index (χ1) is 29.5. The molecule has 5 heterocycles. The molecule has 2 amide bonds. The van der Waals surface area contributed by atoms with Crippen LogP contribution in [0.15, 0.2) is 103 Å². The van der Waals surface area contributed by atoms with Crippen LogP contribution in [0, 0.1) is 5.92 Å². The molecule has 61 heavy (non-hydrogen) atoms. The molecule has 5 aromatic rings. The first-order valence-corrected chi connectivity index (χ1v) is 24.8. The highest BCUT2D eigenvalue weighted by atomic mass is 35.5. The number of para-hydroxylation sites is 1. The molecule has 4 aliphatic rings. The van der Waals surface area contributed by atoms with Gasteiger partial charge in [-0.2, -0.15) is 0 Å². The van der Waals surface area contributed by atoms with E-state index in [9.17, 15) is 9.90 Å². The van der Waals surface area contributed by atoms with Crippen LogP contribution < -0.4 is 29.9 Å². The third kappa shape index (κ3) is 7.04. The summed E-state index contributed by atoms with van der Waals surface area (Å²) in [4.78, 5) is 36.1. The number of carbonyl (C=O) groups excluding carboxylic acids is 2. The molecule has 0 unspecified atom stereocenters. The molecule has 0 bridgehead atoms. The number of benzene rings is 4. The molecule has 4 aromatic carbocycles. The predicted octanol–water partition coefficient (Wildman–Crippen LogP) is 6.26. The van der Waals surface area contributed by atoms with Crippen molar-refractivity contribution < 1.29 is 24.2 Å². The number of carbonyl (C=O) groups is 2. The highest BCUT2D eigenvalue weighted by molar-refractivity contribution is 6.91. The maximum absolute atomic E-state index is 15.5. The van der Waals surface area contributed by atoms with Crippen LogP contribution in [0.5, 0.6) is 5.75 Å². The predicted molar refractivity (Wildman–Crippen MR) is 240 cm³/mol. The van der Waals surface area contributed by atoms with Crippen LogP contribution in [0.3, 0.4) is 0 Å². The van der Waals surface area contributed by atoms with Gasteiger partial charge >= 0.3 is 0 Å². The van der Waals surface area contributed by atoms with E-state index in [1.165, 1.54) is 5.19 Å². The number of rotatable bonds is 12. The summed E-state index contributed by atoms with van der Waals surface area (Å²) in [6, 6.07) is 32.3. The minimum absolute atomic E-state index is 0.000914. The van der Waals surface area contributed by atoms with Crippen molar-refractivity contribution in [1.82, 2.24) is 20.3 Å². The van der Waals surface area contributed by atoms with Crippen molar-refractivity contribution in [1.29, 1.82) is 0 Å². The number of nitrogens with one attached hydrogen (secondary N) is 1. The van der Waals surface area contributed by atoms with E-state index in [-0.39, 0.29) is 36.0 Å². The van der Waals surface area contributed by atoms with Gasteiger partial charge in [-0.15, -0.1) is 5.10 Å². The van der Waals surface area contributed by atoms with Gasteiger partial charge in [-0.3, -0.25) is 19.2 Å². The van der Waals surface area contributed by atoms with Crippen LogP contribution >= 0.6 is 11.6 Å². The minimum Gasteiger partial charge on any atom is -0.497 e. The number of hydrogen-bond acceptors (Lipinski definition) is 9. The van der Waals surface area contributed by atoms with Crippen molar-refractivity contribution in [2.45, 2.75) is 81.6 Å². The summed E-state index contributed by atoms with van der Waals surface area (Å²) in [5.74, 6) is 0.581. The van der Waals surface area contributed by atoms with Crippen LogP contribution in [0.2, 0.25) is 23.7 Å². The Kier molecular flexibility index (Phi) is 11.1.